The Kier molecular flexibility index (Phi) is 4.74. The highest BCUT2D eigenvalue weighted by atomic mass is 16.5. The second-order valence-corrected chi connectivity index (χ2v) is 5.02. The topological polar surface area (TPSA) is 55.9 Å². The molecule has 19 heavy (non-hydrogen) atoms. The van der Waals surface area contributed by atoms with Gasteiger partial charge in [-0.2, -0.15) is 4.98 Å². The van der Waals surface area contributed by atoms with E-state index in [0.29, 0.717) is 12.6 Å². The SMILES string of the molecule is CCCc1nc(Cn2cccc2CNC(C)C)no1. The van der Waals surface area contributed by atoms with Crippen LogP contribution < -0.4 is 5.32 Å². The van der Waals surface area contributed by atoms with Gasteiger partial charge in [0.2, 0.25) is 5.89 Å². The molecule has 0 aliphatic carbocycles. The molecular weight excluding hydrogens is 240 g/mol. The van der Waals surface area contributed by atoms with Crippen molar-refractivity contribution in [3.8, 4) is 0 Å². The van der Waals surface area contributed by atoms with E-state index >= 15 is 0 Å². The maximum Gasteiger partial charge on any atom is 0.226 e. The molecule has 0 amide bonds. The van der Waals surface area contributed by atoms with Gasteiger partial charge in [-0.05, 0) is 18.6 Å². The Morgan fingerprint density at radius 3 is 3.00 bits per heavy atom. The lowest BCUT2D eigenvalue weighted by Gasteiger charge is -2.10. The normalized spacial score (nSPS) is 11.4. The number of aromatic nitrogens is 3. The molecular formula is C14H22N4O. The molecule has 0 aliphatic rings. The van der Waals surface area contributed by atoms with Crippen molar-refractivity contribution in [1.82, 2.24) is 20.0 Å². The van der Waals surface area contributed by atoms with Gasteiger partial charge in [0.15, 0.2) is 5.82 Å². The lowest BCUT2D eigenvalue weighted by molar-refractivity contribution is 0.371. The molecule has 0 unspecified atom stereocenters. The van der Waals surface area contributed by atoms with Crippen LogP contribution in [0.15, 0.2) is 22.9 Å². The zero-order chi connectivity index (χ0) is 13.7. The fraction of sp³-hybridized carbons (Fsp3) is 0.571. The molecule has 0 aliphatic heterocycles. The van der Waals surface area contributed by atoms with Gasteiger partial charge in [-0.3, -0.25) is 0 Å². The van der Waals surface area contributed by atoms with E-state index in [1.165, 1.54) is 5.69 Å². The van der Waals surface area contributed by atoms with Gasteiger partial charge in [0, 0.05) is 30.9 Å². The zero-order valence-electron chi connectivity index (χ0n) is 11.9. The zero-order valence-corrected chi connectivity index (χ0v) is 11.9. The van der Waals surface area contributed by atoms with Gasteiger partial charge in [0.05, 0.1) is 6.54 Å². The maximum atomic E-state index is 5.20. The summed E-state index contributed by atoms with van der Waals surface area (Å²) in [5.74, 6) is 1.47. The first-order chi connectivity index (χ1) is 9.19. The van der Waals surface area contributed by atoms with Crippen molar-refractivity contribution < 1.29 is 4.52 Å². The van der Waals surface area contributed by atoms with Gasteiger partial charge >= 0.3 is 0 Å². The molecule has 2 heterocycles. The first kappa shape index (κ1) is 13.8. The van der Waals surface area contributed by atoms with E-state index in [0.717, 1.165) is 31.1 Å². The second kappa shape index (κ2) is 6.52. The molecule has 104 valence electrons. The second-order valence-electron chi connectivity index (χ2n) is 5.02. The molecule has 2 aromatic heterocycles. The Morgan fingerprint density at radius 2 is 2.26 bits per heavy atom. The van der Waals surface area contributed by atoms with Crippen molar-refractivity contribution in [2.24, 2.45) is 0 Å². The lowest BCUT2D eigenvalue weighted by atomic mass is 10.3. The molecule has 0 aromatic carbocycles. The lowest BCUT2D eigenvalue weighted by Crippen LogP contribution is -2.23. The van der Waals surface area contributed by atoms with E-state index in [1.807, 2.05) is 12.3 Å². The summed E-state index contributed by atoms with van der Waals surface area (Å²) in [6.07, 6.45) is 3.92. The molecule has 0 atom stereocenters. The van der Waals surface area contributed by atoms with Crippen LogP contribution in [-0.4, -0.2) is 20.7 Å². The van der Waals surface area contributed by atoms with E-state index in [1.54, 1.807) is 0 Å². The summed E-state index contributed by atoms with van der Waals surface area (Å²) in [7, 11) is 0. The first-order valence-corrected chi connectivity index (χ1v) is 6.88. The summed E-state index contributed by atoms with van der Waals surface area (Å²) < 4.78 is 7.35. The predicted molar refractivity (Wildman–Crippen MR) is 73.8 cm³/mol. The Morgan fingerprint density at radius 1 is 1.42 bits per heavy atom. The number of hydrogen-bond acceptors (Lipinski definition) is 4. The van der Waals surface area contributed by atoms with Crippen LogP contribution in [0.25, 0.3) is 0 Å². The van der Waals surface area contributed by atoms with Crippen LogP contribution >= 0.6 is 0 Å². The molecule has 0 saturated heterocycles. The molecule has 0 bridgehead atoms. The minimum Gasteiger partial charge on any atom is -0.342 e. The van der Waals surface area contributed by atoms with Crippen molar-refractivity contribution in [2.45, 2.75) is 52.7 Å². The number of hydrogen-bond donors (Lipinski definition) is 1. The minimum atomic E-state index is 0.477. The van der Waals surface area contributed by atoms with E-state index in [4.69, 9.17) is 4.52 Å². The van der Waals surface area contributed by atoms with E-state index < -0.39 is 0 Å². The Hall–Kier alpha value is -1.62. The molecule has 2 rings (SSSR count). The fourth-order valence-electron chi connectivity index (χ4n) is 1.90. The van der Waals surface area contributed by atoms with E-state index in [-0.39, 0.29) is 0 Å². The van der Waals surface area contributed by atoms with E-state index in [9.17, 15) is 0 Å². The minimum absolute atomic E-state index is 0.477. The Bertz CT molecular complexity index is 501. The average molecular weight is 262 g/mol. The molecule has 5 nitrogen and oxygen atoms in total. The van der Waals surface area contributed by atoms with Crippen LogP contribution in [0.1, 0.15) is 44.6 Å². The molecule has 0 spiro atoms. The fourth-order valence-corrected chi connectivity index (χ4v) is 1.90. The average Bonchev–Trinajstić information content (AvgIpc) is 2.97. The largest absolute Gasteiger partial charge is 0.342 e. The highest BCUT2D eigenvalue weighted by molar-refractivity contribution is 5.08. The quantitative estimate of drug-likeness (QED) is 0.832. The third kappa shape index (κ3) is 3.92. The summed E-state index contributed by atoms with van der Waals surface area (Å²) in [4.78, 5) is 4.39. The number of nitrogens with one attached hydrogen (secondary N) is 1. The monoisotopic (exact) mass is 262 g/mol. The van der Waals surface area contributed by atoms with Gasteiger partial charge in [-0.25, -0.2) is 0 Å². The molecule has 1 N–H and O–H groups in total. The summed E-state index contributed by atoms with van der Waals surface area (Å²) >= 11 is 0. The maximum absolute atomic E-state index is 5.20. The van der Waals surface area contributed by atoms with Gasteiger partial charge in [0.25, 0.3) is 0 Å². The third-order valence-corrected chi connectivity index (χ3v) is 2.90. The predicted octanol–water partition coefficient (Wildman–Crippen LogP) is 2.37. The summed E-state index contributed by atoms with van der Waals surface area (Å²) in [5.41, 5.74) is 1.23. The van der Waals surface area contributed by atoms with Crippen LogP contribution in [0.5, 0.6) is 0 Å². The van der Waals surface area contributed by atoms with Crippen molar-refractivity contribution in [2.75, 3.05) is 0 Å². The van der Waals surface area contributed by atoms with Crippen molar-refractivity contribution in [3.05, 3.63) is 35.7 Å². The van der Waals surface area contributed by atoms with Crippen molar-refractivity contribution in [3.63, 3.8) is 0 Å². The van der Waals surface area contributed by atoms with Gasteiger partial charge < -0.3 is 14.4 Å². The molecule has 5 heteroatoms. The number of rotatable bonds is 7. The molecule has 2 aromatic rings. The highest BCUT2D eigenvalue weighted by Crippen LogP contribution is 2.07. The van der Waals surface area contributed by atoms with Crippen LogP contribution in [0.2, 0.25) is 0 Å². The third-order valence-electron chi connectivity index (χ3n) is 2.90. The van der Waals surface area contributed by atoms with Crippen molar-refractivity contribution in [1.29, 1.82) is 0 Å². The molecule has 0 saturated carbocycles. The first-order valence-electron chi connectivity index (χ1n) is 6.88. The number of nitrogens with zero attached hydrogens (tertiary/aromatic N) is 3. The van der Waals surface area contributed by atoms with E-state index in [2.05, 4.69) is 46.9 Å². The van der Waals surface area contributed by atoms with Gasteiger partial charge in [-0.1, -0.05) is 25.9 Å². The van der Waals surface area contributed by atoms with Crippen molar-refractivity contribution >= 4 is 0 Å². The van der Waals surface area contributed by atoms with Crippen LogP contribution in [0, 0.1) is 0 Å². The number of aryl methyl sites for hydroxylation is 1. The molecule has 0 fully saturated rings. The molecule has 0 radical (unpaired) electrons. The van der Waals surface area contributed by atoms with Crippen LogP contribution in [0.3, 0.4) is 0 Å². The van der Waals surface area contributed by atoms with Gasteiger partial charge in [0.1, 0.15) is 0 Å². The smallest absolute Gasteiger partial charge is 0.226 e. The standard InChI is InChI=1S/C14H22N4O/c1-4-6-14-16-13(17-19-14)10-18-8-5-7-12(18)9-15-11(2)3/h5,7-8,11,15H,4,6,9-10H2,1-3H3. The van der Waals surface area contributed by atoms with Gasteiger partial charge in [-0.15, -0.1) is 0 Å². The summed E-state index contributed by atoms with van der Waals surface area (Å²) in [6.45, 7) is 7.90. The summed E-state index contributed by atoms with van der Waals surface area (Å²) in [5, 5.41) is 7.43. The summed E-state index contributed by atoms with van der Waals surface area (Å²) in [6, 6.07) is 4.64. The van der Waals surface area contributed by atoms with Crippen LogP contribution in [0.4, 0.5) is 0 Å². The Labute approximate surface area is 114 Å². The Balaban J connectivity index is 1.99. The van der Waals surface area contributed by atoms with Crippen LogP contribution in [-0.2, 0) is 19.5 Å². The highest BCUT2D eigenvalue weighted by Gasteiger charge is 2.08.